The van der Waals surface area contributed by atoms with Crippen molar-refractivity contribution in [2.75, 3.05) is 4.90 Å². The highest BCUT2D eigenvalue weighted by molar-refractivity contribution is 6.51. The average Bonchev–Trinajstić information content (AvgIpc) is 3.35. The Labute approximate surface area is 180 Å². The summed E-state index contributed by atoms with van der Waals surface area (Å²) in [6.45, 7) is 0. The van der Waals surface area contributed by atoms with Gasteiger partial charge in [-0.15, -0.1) is 0 Å². The van der Waals surface area contributed by atoms with Crippen molar-refractivity contribution in [3.63, 3.8) is 0 Å². The van der Waals surface area contributed by atoms with Crippen molar-refractivity contribution in [3.8, 4) is 0 Å². The summed E-state index contributed by atoms with van der Waals surface area (Å²) in [5.74, 6) is -4.13. The zero-order chi connectivity index (χ0) is 22.4. The fourth-order valence-electron chi connectivity index (χ4n) is 4.03. The average molecular weight is 431 g/mol. The lowest BCUT2D eigenvalue weighted by Crippen LogP contribution is -2.30. The number of aliphatic hydroxyl groups excluding tert-OH is 1. The number of H-pyrrole nitrogens is 1. The highest BCUT2D eigenvalue weighted by atomic mass is 19.1. The number of nitrogens with one attached hydrogen (secondary N) is 1. The van der Waals surface area contributed by atoms with E-state index in [1.807, 2.05) is 6.07 Å². The van der Waals surface area contributed by atoms with Crippen LogP contribution in [0, 0.1) is 11.6 Å². The molecule has 2 aromatic carbocycles. The second-order valence-electron chi connectivity index (χ2n) is 7.29. The second kappa shape index (κ2) is 7.42. The van der Waals surface area contributed by atoms with Crippen LogP contribution in [-0.4, -0.2) is 26.8 Å². The zero-order valence-electron chi connectivity index (χ0n) is 16.4. The maximum absolute atomic E-state index is 14.7. The molecular formula is C24H15F2N3O3. The smallest absolute Gasteiger partial charge is 0.300 e. The van der Waals surface area contributed by atoms with Crippen LogP contribution in [0.2, 0.25) is 0 Å². The molecule has 1 aliphatic rings. The normalized spacial score (nSPS) is 17.9. The van der Waals surface area contributed by atoms with E-state index in [0.717, 1.165) is 28.6 Å². The van der Waals surface area contributed by atoms with Gasteiger partial charge in [0.1, 0.15) is 17.4 Å². The van der Waals surface area contributed by atoms with Crippen molar-refractivity contribution in [2.45, 2.75) is 6.04 Å². The van der Waals surface area contributed by atoms with Crippen LogP contribution in [0.25, 0.3) is 16.7 Å². The molecule has 5 rings (SSSR count). The van der Waals surface area contributed by atoms with Crippen LogP contribution in [0.15, 0.2) is 78.8 Å². The molecule has 32 heavy (non-hydrogen) atoms. The summed E-state index contributed by atoms with van der Waals surface area (Å²) in [5, 5.41) is 11.8. The lowest BCUT2D eigenvalue weighted by atomic mass is 9.95. The molecule has 158 valence electrons. The molecule has 1 unspecified atom stereocenters. The number of pyridine rings is 1. The first-order chi connectivity index (χ1) is 15.5. The summed E-state index contributed by atoms with van der Waals surface area (Å²) in [6, 6.07) is 11.7. The van der Waals surface area contributed by atoms with Crippen LogP contribution in [-0.2, 0) is 9.59 Å². The summed E-state index contributed by atoms with van der Waals surface area (Å²) >= 11 is 0. The number of hydrogen-bond donors (Lipinski definition) is 2. The Morgan fingerprint density at radius 1 is 1.03 bits per heavy atom. The molecule has 0 aliphatic carbocycles. The van der Waals surface area contributed by atoms with Crippen molar-refractivity contribution in [1.29, 1.82) is 0 Å². The molecule has 3 heterocycles. The molecule has 2 N–H and O–H groups in total. The minimum absolute atomic E-state index is 0.227. The molecule has 0 spiro atoms. The van der Waals surface area contributed by atoms with Gasteiger partial charge >= 0.3 is 0 Å². The van der Waals surface area contributed by atoms with E-state index >= 15 is 0 Å². The Morgan fingerprint density at radius 3 is 2.56 bits per heavy atom. The Hall–Kier alpha value is -4.33. The number of halogens is 2. The number of carbonyl (C=O) groups is 2. The molecule has 1 amide bonds. The molecule has 0 saturated carbocycles. The predicted molar refractivity (Wildman–Crippen MR) is 114 cm³/mol. The third-order valence-electron chi connectivity index (χ3n) is 5.48. The van der Waals surface area contributed by atoms with Crippen LogP contribution in [0.3, 0.4) is 0 Å². The van der Waals surface area contributed by atoms with E-state index in [9.17, 15) is 23.5 Å². The number of carbonyl (C=O) groups excluding carboxylic acids is 2. The van der Waals surface area contributed by atoms with Gasteiger partial charge in [0.25, 0.3) is 11.7 Å². The highest BCUT2D eigenvalue weighted by Crippen LogP contribution is 2.43. The number of rotatable bonds is 3. The Balaban J connectivity index is 1.78. The number of Topliss-reactive ketones (excluding diaryl/α,β-unsaturated/α-hetero) is 1. The van der Waals surface area contributed by atoms with Crippen molar-refractivity contribution in [1.82, 2.24) is 9.97 Å². The standard InChI is InChI=1S/C24H15F2N3O3/c25-14-5-6-17(26)19(11-14)29-21(13-7-9-27-10-8-13)20(23(31)24(29)32)22(30)16-12-28-18-4-2-1-3-15(16)18/h1-12,21,28,30H/b22-20-. The number of aromatic nitrogens is 2. The van der Waals surface area contributed by atoms with Crippen molar-refractivity contribution in [2.24, 2.45) is 0 Å². The molecule has 1 saturated heterocycles. The third-order valence-corrected chi connectivity index (χ3v) is 5.48. The largest absolute Gasteiger partial charge is 0.507 e. The van der Waals surface area contributed by atoms with Gasteiger partial charge in [0.2, 0.25) is 0 Å². The third kappa shape index (κ3) is 2.96. The second-order valence-corrected chi connectivity index (χ2v) is 7.29. The maximum atomic E-state index is 14.7. The van der Waals surface area contributed by atoms with Gasteiger partial charge in [-0.25, -0.2) is 8.78 Å². The van der Waals surface area contributed by atoms with E-state index in [-0.39, 0.29) is 5.57 Å². The minimum atomic E-state index is -1.18. The predicted octanol–water partition coefficient (Wildman–Crippen LogP) is 4.47. The molecule has 4 aromatic rings. The van der Waals surface area contributed by atoms with E-state index in [1.54, 1.807) is 30.3 Å². The molecule has 1 aliphatic heterocycles. The summed E-state index contributed by atoms with van der Waals surface area (Å²) < 4.78 is 28.6. The molecule has 1 atom stereocenters. The van der Waals surface area contributed by atoms with Gasteiger partial charge in [0.05, 0.1) is 17.3 Å². The summed E-state index contributed by atoms with van der Waals surface area (Å²) in [6.07, 6.45) is 4.42. The number of anilines is 1. The Kier molecular flexibility index (Phi) is 4.55. The Morgan fingerprint density at radius 2 is 1.78 bits per heavy atom. The highest BCUT2D eigenvalue weighted by Gasteiger charge is 2.48. The van der Waals surface area contributed by atoms with Gasteiger partial charge in [-0.1, -0.05) is 18.2 Å². The topological polar surface area (TPSA) is 86.3 Å². The van der Waals surface area contributed by atoms with Crippen molar-refractivity contribution in [3.05, 3.63) is 102 Å². The van der Waals surface area contributed by atoms with E-state index in [0.29, 0.717) is 16.5 Å². The van der Waals surface area contributed by atoms with Gasteiger partial charge in [0.15, 0.2) is 0 Å². The fourth-order valence-corrected chi connectivity index (χ4v) is 4.03. The van der Waals surface area contributed by atoms with Crippen LogP contribution < -0.4 is 4.90 Å². The van der Waals surface area contributed by atoms with E-state index in [2.05, 4.69) is 9.97 Å². The van der Waals surface area contributed by atoms with Crippen LogP contribution in [0.1, 0.15) is 17.2 Å². The summed E-state index contributed by atoms with van der Waals surface area (Å²) in [4.78, 5) is 33.9. The van der Waals surface area contributed by atoms with E-state index in [1.165, 1.54) is 18.6 Å². The number of hydrogen-bond acceptors (Lipinski definition) is 4. The lowest BCUT2D eigenvalue weighted by Gasteiger charge is -2.25. The van der Waals surface area contributed by atoms with Gasteiger partial charge in [-0.05, 0) is 35.9 Å². The Bertz CT molecular complexity index is 1410. The van der Waals surface area contributed by atoms with E-state index in [4.69, 9.17) is 0 Å². The number of para-hydroxylation sites is 1. The van der Waals surface area contributed by atoms with Crippen molar-refractivity contribution >= 4 is 34.0 Å². The van der Waals surface area contributed by atoms with Gasteiger partial charge in [0, 0.05) is 41.1 Å². The maximum Gasteiger partial charge on any atom is 0.300 e. The zero-order valence-corrected chi connectivity index (χ0v) is 16.4. The number of nitrogens with zero attached hydrogens (tertiary/aromatic N) is 2. The van der Waals surface area contributed by atoms with Gasteiger partial charge in [-0.2, -0.15) is 0 Å². The number of amides is 1. The molecular weight excluding hydrogens is 416 g/mol. The number of benzene rings is 2. The van der Waals surface area contributed by atoms with Crippen LogP contribution in [0.5, 0.6) is 0 Å². The van der Waals surface area contributed by atoms with Crippen molar-refractivity contribution < 1.29 is 23.5 Å². The first-order valence-electron chi connectivity index (χ1n) is 9.70. The van der Waals surface area contributed by atoms with E-state index < -0.39 is 40.8 Å². The first-order valence-corrected chi connectivity index (χ1v) is 9.70. The SMILES string of the molecule is O=C1C(=O)N(c2cc(F)ccc2F)C(c2ccncc2)/C1=C(/O)c1c[nH]c2ccccc12. The van der Waals surface area contributed by atoms with Gasteiger partial charge in [-0.3, -0.25) is 19.5 Å². The van der Waals surface area contributed by atoms with Gasteiger partial charge < -0.3 is 10.1 Å². The first kappa shape index (κ1) is 19.6. The number of ketones is 1. The monoisotopic (exact) mass is 431 g/mol. The molecule has 6 nitrogen and oxygen atoms in total. The minimum Gasteiger partial charge on any atom is -0.507 e. The number of aliphatic hydroxyl groups is 1. The van der Waals surface area contributed by atoms with Crippen LogP contribution >= 0.6 is 0 Å². The molecule has 0 bridgehead atoms. The molecule has 0 radical (unpaired) electrons. The number of fused-ring (bicyclic) bond motifs is 1. The lowest BCUT2D eigenvalue weighted by molar-refractivity contribution is -0.132. The van der Waals surface area contributed by atoms with Crippen LogP contribution in [0.4, 0.5) is 14.5 Å². The quantitative estimate of drug-likeness (QED) is 0.285. The summed E-state index contributed by atoms with van der Waals surface area (Å²) in [5.41, 5.74) is 0.822. The summed E-state index contributed by atoms with van der Waals surface area (Å²) in [7, 11) is 0. The number of aromatic amines is 1. The molecule has 2 aromatic heterocycles. The fraction of sp³-hybridized carbons (Fsp3) is 0.0417. The molecule has 8 heteroatoms. The molecule has 1 fully saturated rings.